The molecule has 1 aromatic heterocycles. The van der Waals surface area contributed by atoms with Crippen molar-refractivity contribution >= 4 is 10.0 Å². The lowest BCUT2D eigenvalue weighted by Crippen LogP contribution is -2.13. The Hall–Kier alpha value is -2.72. The van der Waals surface area contributed by atoms with Crippen LogP contribution in [0.5, 0.6) is 0 Å². The molecule has 0 amide bonds. The van der Waals surface area contributed by atoms with Gasteiger partial charge in [-0.3, -0.25) is 0 Å². The predicted molar refractivity (Wildman–Crippen MR) is 93.2 cm³/mol. The first-order valence-electron chi connectivity index (χ1n) is 7.87. The van der Waals surface area contributed by atoms with E-state index in [0.29, 0.717) is 0 Å². The van der Waals surface area contributed by atoms with E-state index in [-0.39, 0.29) is 33.7 Å². The summed E-state index contributed by atoms with van der Waals surface area (Å²) in [4.78, 5) is -0.693. The smallest absolute Gasteiger partial charge is 0.360 e. The van der Waals surface area contributed by atoms with E-state index in [1.807, 2.05) is 0 Å². The van der Waals surface area contributed by atoms with Gasteiger partial charge in [-0.1, -0.05) is 23.4 Å². The van der Waals surface area contributed by atoms with Gasteiger partial charge in [-0.2, -0.15) is 13.2 Å². The molecule has 0 bridgehead atoms. The molecule has 0 saturated heterocycles. The van der Waals surface area contributed by atoms with E-state index in [2.05, 4.69) is 5.16 Å². The molecule has 0 fully saturated rings. The molecule has 10 heteroatoms. The molecular formula is C18H14F4N2O3S. The van der Waals surface area contributed by atoms with Crippen LogP contribution in [0, 0.1) is 19.7 Å². The van der Waals surface area contributed by atoms with Crippen molar-refractivity contribution in [1.82, 2.24) is 5.16 Å². The second-order valence-electron chi connectivity index (χ2n) is 6.18. The maximum atomic E-state index is 14.2. The largest absolute Gasteiger partial charge is 0.416 e. The SMILES string of the molecule is Cc1ccc(-c2noc(C)c2-c2ccc(S(N)(=O)=O)c(F)c2)cc1C(F)(F)F. The molecule has 0 aliphatic rings. The van der Waals surface area contributed by atoms with Crippen molar-refractivity contribution in [3.8, 4) is 22.4 Å². The number of hydrogen-bond acceptors (Lipinski definition) is 4. The first-order chi connectivity index (χ1) is 12.9. The van der Waals surface area contributed by atoms with Crippen LogP contribution in [0.1, 0.15) is 16.9 Å². The van der Waals surface area contributed by atoms with Gasteiger partial charge in [-0.25, -0.2) is 17.9 Å². The predicted octanol–water partition coefficient (Wildman–Crippen LogP) is 4.43. The van der Waals surface area contributed by atoms with Crippen molar-refractivity contribution in [2.75, 3.05) is 0 Å². The minimum absolute atomic E-state index is 0.0431. The van der Waals surface area contributed by atoms with E-state index >= 15 is 0 Å². The molecule has 2 aromatic carbocycles. The average Bonchev–Trinajstić information content (AvgIpc) is 2.94. The number of alkyl halides is 3. The lowest BCUT2D eigenvalue weighted by Gasteiger charge is -2.12. The molecular weight excluding hydrogens is 400 g/mol. The van der Waals surface area contributed by atoms with Gasteiger partial charge >= 0.3 is 6.18 Å². The standard InChI is InChI=1S/C18H14F4N2O3S/c1-9-3-4-12(7-13(9)18(20,21)22)17-16(10(2)27-24-17)11-5-6-15(14(19)8-11)28(23,25)26/h3-8H,1-2H3,(H2,23,25,26). The third kappa shape index (κ3) is 3.65. The maximum absolute atomic E-state index is 14.2. The van der Waals surface area contributed by atoms with Gasteiger partial charge < -0.3 is 4.52 Å². The summed E-state index contributed by atoms with van der Waals surface area (Å²) in [5, 5.41) is 8.75. The monoisotopic (exact) mass is 414 g/mol. The fourth-order valence-electron chi connectivity index (χ4n) is 2.87. The molecule has 28 heavy (non-hydrogen) atoms. The second kappa shape index (κ2) is 6.71. The van der Waals surface area contributed by atoms with Crippen LogP contribution in [-0.2, 0) is 16.2 Å². The number of nitrogens with two attached hydrogens (primary N) is 1. The maximum Gasteiger partial charge on any atom is 0.416 e. The number of hydrogen-bond donors (Lipinski definition) is 1. The van der Waals surface area contributed by atoms with Crippen LogP contribution in [0.4, 0.5) is 17.6 Å². The molecule has 3 aromatic rings. The lowest BCUT2D eigenvalue weighted by molar-refractivity contribution is -0.138. The Labute approximate surface area is 157 Å². The summed E-state index contributed by atoms with van der Waals surface area (Å²) in [6, 6.07) is 6.86. The quantitative estimate of drug-likeness (QED) is 0.643. The lowest BCUT2D eigenvalue weighted by atomic mass is 9.96. The summed E-state index contributed by atoms with van der Waals surface area (Å²) >= 11 is 0. The van der Waals surface area contributed by atoms with Crippen molar-refractivity contribution in [1.29, 1.82) is 0 Å². The fraction of sp³-hybridized carbons (Fsp3) is 0.167. The van der Waals surface area contributed by atoms with Crippen LogP contribution in [0.3, 0.4) is 0 Å². The number of rotatable bonds is 3. The molecule has 0 aliphatic heterocycles. The number of primary sulfonamides is 1. The molecule has 1 heterocycles. The van der Waals surface area contributed by atoms with Gasteiger partial charge in [-0.05, 0) is 43.2 Å². The first kappa shape index (κ1) is 20.0. The molecule has 0 atom stereocenters. The van der Waals surface area contributed by atoms with Crippen LogP contribution in [-0.4, -0.2) is 13.6 Å². The van der Waals surface area contributed by atoms with Gasteiger partial charge in [0.15, 0.2) is 0 Å². The summed E-state index contributed by atoms with van der Waals surface area (Å²) < 4.78 is 81.7. The van der Waals surface area contributed by atoms with Crippen LogP contribution < -0.4 is 5.14 Å². The van der Waals surface area contributed by atoms with Gasteiger partial charge in [-0.15, -0.1) is 0 Å². The summed E-state index contributed by atoms with van der Waals surface area (Å²) in [6.07, 6.45) is -4.55. The van der Waals surface area contributed by atoms with E-state index < -0.39 is 32.5 Å². The second-order valence-corrected chi connectivity index (χ2v) is 7.71. The van der Waals surface area contributed by atoms with Gasteiger partial charge in [0.1, 0.15) is 22.2 Å². The van der Waals surface area contributed by atoms with Crippen molar-refractivity contribution in [2.24, 2.45) is 5.14 Å². The Morgan fingerprint density at radius 2 is 1.68 bits per heavy atom. The topological polar surface area (TPSA) is 86.2 Å². The molecule has 0 aliphatic carbocycles. The van der Waals surface area contributed by atoms with Crippen molar-refractivity contribution < 1.29 is 30.5 Å². The molecule has 0 unspecified atom stereocenters. The van der Waals surface area contributed by atoms with E-state index in [9.17, 15) is 26.0 Å². The number of benzene rings is 2. The van der Waals surface area contributed by atoms with Crippen molar-refractivity contribution in [3.63, 3.8) is 0 Å². The highest BCUT2D eigenvalue weighted by atomic mass is 32.2. The summed E-state index contributed by atoms with van der Waals surface area (Å²) in [6.45, 7) is 2.85. The molecule has 3 rings (SSSR count). The highest BCUT2D eigenvalue weighted by molar-refractivity contribution is 7.89. The fourth-order valence-corrected chi connectivity index (χ4v) is 3.46. The number of sulfonamides is 1. The Bertz CT molecular complexity index is 1170. The Morgan fingerprint density at radius 1 is 1.04 bits per heavy atom. The van der Waals surface area contributed by atoms with E-state index in [1.54, 1.807) is 0 Å². The van der Waals surface area contributed by atoms with E-state index in [4.69, 9.17) is 9.66 Å². The minimum atomic E-state index is -4.55. The van der Waals surface area contributed by atoms with E-state index in [1.165, 1.54) is 32.0 Å². The minimum Gasteiger partial charge on any atom is -0.360 e. The van der Waals surface area contributed by atoms with Crippen LogP contribution in [0.2, 0.25) is 0 Å². The van der Waals surface area contributed by atoms with Crippen LogP contribution >= 0.6 is 0 Å². The molecule has 2 N–H and O–H groups in total. The first-order valence-corrected chi connectivity index (χ1v) is 9.41. The van der Waals surface area contributed by atoms with Crippen molar-refractivity contribution in [3.05, 3.63) is 59.1 Å². The van der Waals surface area contributed by atoms with Gasteiger partial charge in [0.05, 0.1) is 11.1 Å². The zero-order valence-corrected chi connectivity index (χ0v) is 15.5. The Kier molecular flexibility index (Phi) is 4.80. The number of halogens is 4. The highest BCUT2D eigenvalue weighted by Gasteiger charge is 2.33. The Morgan fingerprint density at radius 3 is 2.25 bits per heavy atom. The third-order valence-electron chi connectivity index (χ3n) is 4.21. The summed E-state index contributed by atoms with van der Waals surface area (Å²) in [5.41, 5.74) is -0.148. The Balaban J connectivity index is 2.18. The number of nitrogens with zero attached hydrogens (tertiary/aromatic N) is 1. The summed E-state index contributed by atoms with van der Waals surface area (Å²) in [5.74, 6) is -0.863. The third-order valence-corrected chi connectivity index (χ3v) is 5.15. The van der Waals surface area contributed by atoms with E-state index in [0.717, 1.165) is 18.2 Å². The van der Waals surface area contributed by atoms with Crippen LogP contribution in [0.15, 0.2) is 45.8 Å². The molecule has 148 valence electrons. The zero-order chi connectivity index (χ0) is 20.9. The molecule has 5 nitrogen and oxygen atoms in total. The average molecular weight is 414 g/mol. The summed E-state index contributed by atoms with van der Waals surface area (Å²) in [7, 11) is -4.26. The molecule has 0 radical (unpaired) electrons. The van der Waals surface area contributed by atoms with Crippen LogP contribution in [0.25, 0.3) is 22.4 Å². The highest BCUT2D eigenvalue weighted by Crippen LogP contribution is 2.39. The normalized spacial score (nSPS) is 12.4. The number of aromatic nitrogens is 1. The molecule has 0 saturated carbocycles. The zero-order valence-electron chi connectivity index (χ0n) is 14.6. The van der Waals surface area contributed by atoms with Gasteiger partial charge in [0.2, 0.25) is 10.0 Å². The van der Waals surface area contributed by atoms with Gasteiger partial charge in [0.25, 0.3) is 0 Å². The number of aryl methyl sites for hydroxylation is 2. The van der Waals surface area contributed by atoms with Gasteiger partial charge in [0, 0.05) is 5.56 Å². The molecule has 0 spiro atoms. The van der Waals surface area contributed by atoms with Crippen molar-refractivity contribution in [2.45, 2.75) is 24.9 Å².